The van der Waals surface area contributed by atoms with E-state index in [4.69, 9.17) is 10.5 Å². The number of nitrogens with zero attached hydrogens (tertiary/aromatic N) is 1. The third-order valence-electron chi connectivity index (χ3n) is 3.40. The Morgan fingerprint density at radius 3 is 2.47 bits per heavy atom. The third kappa shape index (κ3) is 3.10. The maximum absolute atomic E-state index is 11.6. The molecule has 2 aliphatic rings. The van der Waals surface area contributed by atoms with Gasteiger partial charge in [-0.3, -0.25) is 0 Å². The van der Waals surface area contributed by atoms with Crippen LogP contribution in [-0.2, 0) is 4.74 Å². The predicted octanol–water partition coefficient (Wildman–Crippen LogP) is 0.400. The first-order chi connectivity index (χ1) is 7.90. The Labute approximate surface area is 103 Å². The average molecular weight is 241 g/mol. The Hall–Kier alpha value is -0.810. The van der Waals surface area contributed by atoms with Crippen LogP contribution in [0.1, 0.15) is 20.8 Å². The van der Waals surface area contributed by atoms with Crippen molar-refractivity contribution >= 4 is 6.09 Å². The lowest BCUT2D eigenvalue weighted by molar-refractivity contribution is 0.0514. The molecule has 0 aromatic carbocycles. The minimum absolute atomic E-state index is 0.290. The highest BCUT2D eigenvalue weighted by Gasteiger charge is 2.56. The molecule has 2 rings (SSSR count). The summed E-state index contributed by atoms with van der Waals surface area (Å²) in [5.74, 6) is 1.21. The van der Waals surface area contributed by atoms with Crippen LogP contribution in [0.3, 0.4) is 0 Å². The first-order valence-corrected chi connectivity index (χ1v) is 6.32. The van der Waals surface area contributed by atoms with Gasteiger partial charge in [0.25, 0.3) is 0 Å². The topological polar surface area (TPSA) is 67.6 Å². The number of alkyl carbamates (subject to hydrolysis) is 1. The number of amides is 1. The highest BCUT2D eigenvalue weighted by Crippen LogP contribution is 2.45. The molecule has 2 fully saturated rings. The van der Waals surface area contributed by atoms with Gasteiger partial charge >= 0.3 is 6.09 Å². The second kappa shape index (κ2) is 4.46. The van der Waals surface area contributed by atoms with Gasteiger partial charge in [-0.05, 0) is 32.6 Å². The van der Waals surface area contributed by atoms with Crippen molar-refractivity contribution in [3.63, 3.8) is 0 Å². The number of piperidine rings is 1. The molecule has 2 atom stereocenters. The number of rotatable bonds is 3. The summed E-state index contributed by atoms with van der Waals surface area (Å²) in [6.45, 7) is 9.43. The average Bonchev–Trinajstić information content (AvgIpc) is 2.64. The number of ether oxygens (including phenoxy) is 1. The molecule has 5 nitrogen and oxygen atoms in total. The number of likely N-dealkylation sites (tertiary alicyclic amines) is 1. The van der Waals surface area contributed by atoms with Gasteiger partial charge < -0.3 is 20.7 Å². The van der Waals surface area contributed by atoms with Gasteiger partial charge in [0.1, 0.15) is 5.60 Å². The molecule has 1 aliphatic heterocycles. The Balaban J connectivity index is 1.70. The van der Waals surface area contributed by atoms with Gasteiger partial charge in [-0.2, -0.15) is 0 Å². The summed E-state index contributed by atoms with van der Waals surface area (Å²) in [7, 11) is 0. The van der Waals surface area contributed by atoms with Crippen LogP contribution in [0.4, 0.5) is 4.79 Å². The number of carbonyl (C=O) groups is 1. The fraction of sp³-hybridized carbons (Fsp3) is 0.917. The third-order valence-corrected chi connectivity index (χ3v) is 3.40. The molecule has 0 spiro atoms. The van der Waals surface area contributed by atoms with Crippen molar-refractivity contribution in [3.8, 4) is 0 Å². The van der Waals surface area contributed by atoms with Crippen molar-refractivity contribution in [2.24, 2.45) is 17.6 Å². The van der Waals surface area contributed by atoms with Gasteiger partial charge in [0.2, 0.25) is 0 Å². The summed E-state index contributed by atoms with van der Waals surface area (Å²) < 4.78 is 5.24. The van der Waals surface area contributed by atoms with E-state index in [1.54, 1.807) is 0 Å². The van der Waals surface area contributed by atoms with Crippen molar-refractivity contribution in [1.29, 1.82) is 0 Å². The summed E-state index contributed by atoms with van der Waals surface area (Å²) in [6, 6.07) is 0.318. The van der Waals surface area contributed by atoms with Gasteiger partial charge in [-0.25, -0.2) is 4.79 Å². The number of fused-ring (bicyclic) bond motifs is 1. The lowest BCUT2D eigenvalue weighted by Gasteiger charge is -2.22. The molecule has 1 aliphatic carbocycles. The van der Waals surface area contributed by atoms with E-state index in [2.05, 4.69) is 10.2 Å². The van der Waals surface area contributed by atoms with Crippen molar-refractivity contribution in [2.45, 2.75) is 32.4 Å². The zero-order valence-corrected chi connectivity index (χ0v) is 10.9. The normalized spacial score (nSPS) is 32.1. The maximum Gasteiger partial charge on any atom is 0.407 e. The lowest BCUT2D eigenvalue weighted by atomic mass is 10.2. The maximum atomic E-state index is 11.6. The second-order valence-corrected chi connectivity index (χ2v) is 6.05. The number of carbonyl (C=O) groups excluding carboxylic acids is 1. The fourth-order valence-corrected chi connectivity index (χ4v) is 2.64. The molecule has 1 heterocycles. The van der Waals surface area contributed by atoms with Crippen LogP contribution in [0.15, 0.2) is 0 Å². The molecule has 1 saturated heterocycles. The van der Waals surface area contributed by atoms with Gasteiger partial charge in [-0.15, -0.1) is 0 Å². The minimum atomic E-state index is -0.417. The summed E-state index contributed by atoms with van der Waals surface area (Å²) in [5, 5.41) is 2.96. The SMILES string of the molecule is CC(C)(C)OC(=O)NC1C2CN(CCN)CC21. The van der Waals surface area contributed by atoms with Gasteiger partial charge in [0.05, 0.1) is 0 Å². The Morgan fingerprint density at radius 1 is 1.41 bits per heavy atom. The van der Waals surface area contributed by atoms with Crippen LogP contribution >= 0.6 is 0 Å². The lowest BCUT2D eigenvalue weighted by Crippen LogP contribution is -2.39. The quantitative estimate of drug-likeness (QED) is 0.750. The molecular weight excluding hydrogens is 218 g/mol. The van der Waals surface area contributed by atoms with Gasteiger partial charge in [-0.1, -0.05) is 0 Å². The monoisotopic (exact) mass is 241 g/mol. The van der Waals surface area contributed by atoms with Crippen LogP contribution < -0.4 is 11.1 Å². The summed E-state index contributed by atoms with van der Waals surface area (Å²) in [5.41, 5.74) is 5.10. The molecule has 0 bridgehead atoms. The van der Waals surface area contributed by atoms with E-state index in [0.29, 0.717) is 24.4 Å². The van der Waals surface area contributed by atoms with E-state index in [1.807, 2.05) is 20.8 Å². The summed E-state index contributed by atoms with van der Waals surface area (Å²) in [4.78, 5) is 13.9. The van der Waals surface area contributed by atoms with Gasteiger partial charge in [0, 0.05) is 32.2 Å². The van der Waals surface area contributed by atoms with Crippen molar-refractivity contribution in [2.75, 3.05) is 26.2 Å². The van der Waals surface area contributed by atoms with Crippen LogP contribution in [0.5, 0.6) is 0 Å². The summed E-state index contributed by atoms with van der Waals surface area (Å²) in [6.07, 6.45) is -0.290. The van der Waals surface area contributed by atoms with E-state index in [-0.39, 0.29) is 6.09 Å². The summed E-state index contributed by atoms with van der Waals surface area (Å²) >= 11 is 0. The minimum Gasteiger partial charge on any atom is -0.444 e. The highest BCUT2D eigenvalue weighted by atomic mass is 16.6. The fourth-order valence-electron chi connectivity index (χ4n) is 2.64. The van der Waals surface area contributed by atoms with Crippen molar-refractivity contribution < 1.29 is 9.53 Å². The van der Waals surface area contributed by atoms with Crippen LogP contribution in [0.25, 0.3) is 0 Å². The second-order valence-electron chi connectivity index (χ2n) is 6.05. The number of nitrogens with one attached hydrogen (secondary N) is 1. The zero-order chi connectivity index (χ0) is 12.6. The molecule has 1 amide bonds. The first kappa shape index (κ1) is 12.6. The van der Waals surface area contributed by atoms with E-state index >= 15 is 0 Å². The van der Waals surface area contributed by atoms with Crippen molar-refractivity contribution in [1.82, 2.24) is 10.2 Å². The van der Waals surface area contributed by atoms with Crippen molar-refractivity contribution in [3.05, 3.63) is 0 Å². The molecule has 5 heteroatoms. The zero-order valence-electron chi connectivity index (χ0n) is 10.9. The Morgan fingerprint density at radius 2 is 2.00 bits per heavy atom. The molecule has 98 valence electrons. The Bertz CT molecular complexity index is 289. The highest BCUT2D eigenvalue weighted by molar-refractivity contribution is 5.68. The molecule has 0 radical (unpaired) electrons. The van der Waals surface area contributed by atoms with Crippen LogP contribution in [0.2, 0.25) is 0 Å². The standard InChI is InChI=1S/C12H23N3O2/c1-12(2,3)17-11(16)14-10-8-6-15(5-4-13)7-9(8)10/h8-10H,4-7,13H2,1-3H3,(H,14,16). The molecular formula is C12H23N3O2. The number of nitrogens with two attached hydrogens (primary N) is 1. The van der Waals surface area contributed by atoms with E-state index in [1.165, 1.54) is 0 Å². The van der Waals surface area contributed by atoms with Crippen LogP contribution in [0, 0.1) is 11.8 Å². The Kier molecular flexibility index (Phi) is 3.32. The molecule has 0 aromatic heterocycles. The van der Waals surface area contributed by atoms with E-state index in [0.717, 1.165) is 19.6 Å². The largest absolute Gasteiger partial charge is 0.444 e. The predicted molar refractivity (Wildman–Crippen MR) is 65.6 cm³/mol. The van der Waals surface area contributed by atoms with Gasteiger partial charge in [0.15, 0.2) is 0 Å². The number of hydrogen-bond donors (Lipinski definition) is 2. The van der Waals surface area contributed by atoms with E-state index < -0.39 is 5.60 Å². The first-order valence-electron chi connectivity index (χ1n) is 6.32. The molecule has 3 N–H and O–H groups in total. The smallest absolute Gasteiger partial charge is 0.407 e. The van der Waals surface area contributed by atoms with Crippen LogP contribution in [-0.4, -0.2) is 48.8 Å². The molecule has 2 unspecified atom stereocenters. The molecule has 0 aromatic rings. The number of hydrogen-bond acceptors (Lipinski definition) is 4. The van der Waals surface area contributed by atoms with E-state index in [9.17, 15) is 4.79 Å². The molecule has 17 heavy (non-hydrogen) atoms. The molecule has 1 saturated carbocycles.